The predicted octanol–water partition coefficient (Wildman–Crippen LogP) is 2.81. The monoisotopic (exact) mass is 250 g/mol. The summed E-state index contributed by atoms with van der Waals surface area (Å²) in [7, 11) is 0. The molecule has 17 heavy (non-hydrogen) atoms. The molecule has 1 fully saturated rings. The van der Waals surface area contributed by atoms with Crippen LogP contribution in [-0.4, -0.2) is 30.6 Å². The zero-order chi connectivity index (χ0) is 11.7. The average molecular weight is 250 g/mol. The topological polar surface area (TPSA) is 15.3 Å². The van der Waals surface area contributed by atoms with E-state index < -0.39 is 0 Å². The number of fused-ring (bicyclic) bond motifs is 1. The summed E-state index contributed by atoms with van der Waals surface area (Å²) >= 11 is 1.94. The van der Waals surface area contributed by atoms with Crippen molar-refractivity contribution >= 4 is 11.3 Å². The molecule has 2 unspecified atom stereocenters. The van der Waals surface area contributed by atoms with Crippen LogP contribution in [0.1, 0.15) is 42.7 Å². The molecule has 1 aromatic heterocycles. The van der Waals surface area contributed by atoms with Gasteiger partial charge in [-0.3, -0.25) is 4.90 Å². The van der Waals surface area contributed by atoms with E-state index in [1.807, 2.05) is 11.3 Å². The number of nitrogens with one attached hydrogen (secondary N) is 1. The van der Waals surface area contributed by atoms with Crippen LogP contribution >= 0.6 is 11.3 Å². The van der Waals surface area contributed by atoms with Crippen LogP contribution in [0.4, 0.5) is 0 Å². The van der Waals surface area contributed by atoms with E-state index in [9.17, 15) is 0 Å². The molecule has 1 aromatic rings. The molecule has 1 saturated heterocycles. The molecule has 1 N–H and O–H groups in total. The molecule has 0 radical (unpaired) electrons. The summed E-state index contributed by atoms with van der Waals surface area (Å²) in [5.74, 6) is 0. The summed E-state index contributed by atoms with van der Waals surface area (Å²) in [5.41, 5.74) is 1.59. The Kier molecular flexibility index (Phi) is 3.50. The summed E-state index contributed by atoms with van der Waals surface area (Å²) in [4.78, 5) is 4.35. The Bertz CT molecular complexity index is 366. The maximum Gasteiger partial charge on any atom is 0.0334 e. The third-order valence-corrected chi connectivity index (χ3v) is 5.31. The Morgan fingerprint density at radius 3 is 3.29 bits per heavy atom. The second kappa shape index (κ2) is 5.09. The first-order valence-corrected chi connectivity index (χ1v) is 7.77. The number of nitrogens with zero attached hydrogens (tertiary/aromatic N) is 1. The lowest BCUT2D eigenvalue weighted by atomic mass is 9.97. The fraction of sp³-hybridized carbons (Fsp3) is 0.714. The Labute approximate surface area is 108 Å². The summed E-state index contributed by atoms with van der Waals surface area (Å²) in [5, 5.41) is 5.85. The van der Waals surface area contributed by atoms with Gasteiger partial charge in [0, 0.05) is 30.1 Å². The lowest BCUT2D eigenvalue weighted by Gasteiger charge is -2.39. The van der Waals surface area contributed by atoms with E-state index in [0.717, 1.165) is 6.04 Å². The Morgan fingerprint density at radius 1 is 1.41 bits per heavy atom. The molecule has 2 aliphatic heterocycles. The molecule has 0 aromatic carbocycles. The first-order valence-electron chi connectivity index (χ1n) is 6.89. The zero-order valence-corrected chi connectivity index (χ0v) is 11.4. The molecule has 94 valence electrons. The van der Waals surface area contributed by atoms with Crippen LogP contribution in [-0.2, 0) is 6.42 Å². The highest BCUT2D eigenvalue weighted by molar-refractivity contribution is 7.10. The highest BCUT2D eigenvalue weighted by atomic mass is 32.1. The Hall–Kier alpha value is -0.380. The number of rotatable bonds is 1. The molecule has 0 bridgehead atoms. The van der Waals surface area contributed by atoms with Gasteiger partial charge in [0.05, 0.1) is 0 Å². The fourth-order valence-corrected chi connectivity index (χ4v) is 4.27. The molecule has 0 amide bonds. The molecule has 2 nitrogen and oxygen atoms in total. The van der Waals surface area contributed by atoms with Crippen molar-refractivity contribution in [1.82, 2.24) is 10.2 Å². The van der Waals surface area contributed by atoms with E-state index in [0.29, 0.717) is 6.04 Å². The lowest BCUT2D eigenvalue weighted by Crippen LogP contribution is -2.45. The van der Waals surface area contributed by atoms with Crippen LogP contribution in [0.5, 0.6) is 0 Å². The smallest absolute Gasteiger partial charge is 0.0334 e. The van der Waals surface area contributed by atoms with Crippen molar-refractivity contribution < 1.29 is 0 Å². The van der Waals surface area contributed by atoms with Crippen molar-refractivity contribution in [2.75, 3.05) is 19.6 Å². The van der Waals surface area contributed by atoms with Crippen LogP contribution in [0, 0.1) is 0 Å². The summed E-state index contributed by atoms with van der Waals surface area (Å²) < 4.78 is 0. The van der Waals surface area contributed by atoms with Crippen molar-refractivity contribution in [3.8, 4) is 0 Å². The lowest BCUT2D eigenvalue weighted by molar-refractivity contribution is 0.129. The van der Waals surface area contributed by atoms with E-state index in [-0.39, 0.29) is 0 Å². The summed E-state index contributed by atoms with van der Waals surface area (Å²) in [6.07, 6.45) is 5.37. The van der Waals surface area contributed by atoms with Crippen molar-refractivity contribution in [3.05, 3.63) is 21.9 Å². The number of thiophene rings is 1. The SMILES string of the molecule is CC1c2ccsc2CCN1C1CCCCNC1. The van der Waals surface area contributed by atoms with E-state index in [1.54, 1.807) is 10.4 Å². The van der Waals surface area contributed by atoms with Gasteiger partial charge in [-0.2, -0.15) is 0 Å². The molecule has 2 aliphatic rings. The van der Waals surface area contributed by atoms with Crippen molar-refractivity contribution in [1.29, 1.82) is 0 Å². The number of hydrogen-bond acceptors (Lipinski definition) is 3. The second-order valence-electron chi connectivity index (χ2n) is 5.32. The molecule has 2 atom stereocenters. The van der Waals surface area contributed by atoms with Gasteiger partial charge in [-0.15, -0.1) is 11.3 Å². The Morgan fingerprint density at radius 2 is 2.35 bits per heavy atom. The van der Waals surface area contributed by atoms with Gasteiger partial charge in [0.25, 0.3) is 0 Å². The summed E-state index contributed by atoms with van der Waals surface area (Å²) in [6, 6.07) is 3.71. The van der Waals surface area contributed by atoms with Crippen LogP contribution in [0.3, 0.4) is 0 Å². The van der Waals surface area contributed by atoms with Crippen LogP contribution in [0.2, 0.25) is 0 Å². The second-order valence-corrected chi connectivity index (χ2v) is 6.32. The molecule has 3 heterocycles. The standard InChI is InChI=1S/C14H22N2S/c1-11-13-6-9-17-14(13)5-8-16(11)12-4-2-3-7-15-10-12/h6,9,11-12,15H,2-5,7-8,10H2,1H3. The van der Waals surface area contributed by atoms with Crippen LogP contribution in [0.25, 0.3) is 0 Å². The van der Waals surface area contributed by atoms with Gasteiger partial charge in [-0.05, 0) is 49.7 Å². The molecule has 3 heteroatoms. The van der Waals surface area contributed by atoms with Gasteiger partial charge in [0.1, 0.15) is 0 Å². The molecular formula is C14H22N2S. The van der Waals surface area contributed by atoms with Gasteiger partial charge >= 0.3 is 0 Å². The minimum Gasteiger partial charge on any atom is -0.315 e. The largest absolute Gasteiger partial charge is 0.315 e. The number of hydrogen-bond donors (Lipinski definition) is 1. The maximum absolute atomic E-state index is 3.59. The van der Waals surface area contributed by atoms with Gasteiger partial charge in [-0.1, -0.05) is 6.42 Å². The summed E-state index contributed by atoms with van der Waals surface area (Å²) in [6.45, 7) is 6.03. The quantitative estimate of drug-likeness (QED) is 0.824. The zero-order valence-electron chi connectivity index (χ0n) is 10.6. The first-order chi connectivity index (χ1) is 8.36. The van der Waals surface area contributed by atoms with Gasteiger partial charge in [0.15, 0.2) is 0 Å². The van der Waals surface area contributed by atoms with E-state index in [4.69, 9.17) is 0 Å². The van der Waals surface area contributed by atoms with Crippen LogP contribution in [0.15, 0.2) is 11.4 Å². The molecule has 0 spiro atoms. The van der Waals surface area contributed by atoms with E-state index >= 15 is 0 Å². The maximum atomic E-state index is 3.59. The highest BCUT2D eigenvalue weighted by Crippen LogP contribution is 2.34. The average Bonchev–Trinajstić information content (AvgIpc) is 2.66. The molecular weight excluding hydrogens is 228 g/mol. The predicted molar refractivity (Wildman–Crippen MR) is 73.7 cm³/mol. The molecule has 0 aliphatic carbocycles. The normalized spacial score (nSPS) is 30.9. The van der Waals surface area contributed by atoms with Gasteiger partial charge in [0.2, 0.25) is 0 Å². The van der Waals surface area contributed by atoms with Crippen molar-refractivity contribution in [2.45, 2.75) is 44.7 Å². The van der Waals surface area contributed by atoms with E-state index in [1.165, 1.54) is 45.3 Å². The van der Waals surface area contributed by atoms with Crippen molar-refractivity contribution in [3.63, 3.8) is 0 Å². The highest BCUT2D eigenvalue weighted by Gasteiger charge is 2.30. The fourth-order valence-electron chi connectivity index (χ4n) is 3.31. The van der Waals surface area contributed by atoms with Crippen LogP contribution < -0.4 is 5.32 Å². The third kappa shape index (κ3) is 2.28. The minimum atomic E-state index is 0.620. The first kappa shape index (κ1) is 11.7. The van der Waals surface area contributed by atoms with E-state index in [2.05, 4.69) is 28.6 Å². The van der Waals surface area contributed by atoms with Gasteiger partial charge in [-0.25, -0.2) is 0 Å². The third-order valence-electron chi connectivity index (χ3n) is 4.31. The van der Waals surface area contributed by atoms with Crippen molar-refractivity contribution in [2.24, 2.45) is 0 Å². The molecule has 0 saturated carbocycles. The minimum absolute atomic E-state index is 0.620. The van der Waals surface area contributed by atoms with Gasteiger partial charge < -0.3 is 5.32 Å². The Balaban J connectivity index is 1.76. The molecule has 3 rings (SSSR count).